The van der Waals surface area contributed by atoms with E-state index in [0.717, 1.165) is 17.0 Å². The Hall–Kier alpha value is -3.39. The molecule has 4 rings (SSSR count). The lowest BCUT2D eigenvalue weighted by atomic mass is 10.1. The van der Waals surface area contributed by atoms with Gasteiger partial charge in [-0.15, -0.1) is 0 Å². The van der Waals surface area contributed by atoms with E-state index < -0.39 is 23.7 Å². The van der Waals surface area contributed by atoms with E-state index in [1.165, 1.54) is 30.3 Å². The van der Waals surface area contributed by atoms with E-state index in [9.17, 15) is 18.8 Å². The summed E-state index contributed by atoms with van der Waals surface area (Å²) in [5, 5.41) is 2.32. The Morgan fingerprint density at radius 2 is 1.74 bits per heavy atom. The Balaban J connectivity index is 1.75. The number of benzene rings is 2. The van der Waals surface area contributed by atoms with Gasteiger partial charge in [0.15, 0.2) is 11.5 Å². The average molecular weight is 389 g/mol. The van der Waals surface area contributed by atoms with Crippen LogP contribution in [-0.2, 0) is 9.59 Å². The van der Waals surface area contributed by atoms with Crippen LogP contribution >= 0.6 is 11.6 Å². The van der Waals surface area contributed by atoms with Gasteiger partial charge in [0.25, 0.3) is 11.8 Å². The maximum absolute atomic E-state index is 13.1. The molecular weight excluding hydrogens is 379 g/mol. The highest BCUT2D eigenvalue weighted by Gasteiger charge is 2.37. The van der Waals surface area contributed by atoms with Crippen LogP contribution in [0.1, 0.15) is 5.56 Å². The van der Waals surface area contributed by atoms with E-state index in [1.54, 1.807) is 0 Å². The van der Waals surface area contributed by atoms with Crippen molar-refractivity contribution in [1.29, 1.82) is 0 Å². The van der Waals surface area contributed by atoms with Crippen LogP contribution in [0.3, 0.4) is 0 Å². The van der Waals surface area contributed by atoms with Crippen LogP contribution in [0.2, 0.25) is 5.02 Å². The number of amides is 4. The van der Waals surface area contributed by atoms with E-state index in [1.807, 2.05) is 0 Å². The lowest BCUT2D eigenvalue weighted by molar-refractivity contribution is -0.122. The predicted octanol–water partition coefficient (Wildman–Crippen LogP) is 2.87. The molecule has 2 aromatic rings. The average Bonchev–Trinajstić information content (AvgIpc) is 3.07. The first-order valence-electron chi connectivity index (χ1n) is 7.70. The monoisotopic (exact) mass is 388 g/mol. The molecule has 1 N–H and O–H groups in total. The Morgan fingerprint density at radius 3 is 2.44 bits per heavy atom. The SMILES string of the molecule is O=C1NC(=O)N(c2ccc(F)cc2)C(=O)/C1=C/c1cc2c(cc1Cl)OCO2. The van der Waals surface area contributed by atoms with Crippen molar-refractivity contribution in [2.24, 2.45) is 0 Å². The van der Waals surface area contributed by atoms with Gasteiger partial charge in [-0.25, -0.2) is 14.1 Å². The molecule has 0 radical (unpaired) electrons. The number of carbonyl (C=O) groups is 3. The number of hydrogen-bond acceptors (Lipinski definition) is 5. The van der Waals surface area contributed by atoms with E-state index in [0.29, 0.717) is 17.1 Å². The van der Waals surface area contributed by atoms with Gasteiger partial charge in [0.1, 0.15) is 11.4 Å². The Labute approximate surface area is 156 Å². The van der Waals surface area contributed by atoms with Gasteiger partial charge >= 0.3 is 6.03 Å². The summed E-state index contributed by atoms with van der Waals surface area (Å²) in [6.07, 6.45) is 1.25. The summed E-state index contributed by atoms with van der Waals surface area (Å²) in [6.45, 7) is 0.0396. The summed E-state index contributed by atoms with van der Waals surface area (Å²) in [5.74, 6) is -1.38. The number of barbiturate groups is 1. The highest BCUT2D eigenvalue weighted by Crippen LogP contribution is 2.37. The van der Waals surface area contributed by atoms with Crippen LogP contribution in [0.4, 0.5) is 14.9 Å². The van der Waals surface area contributed by atoms with Gasteiger partial charge in [-0.3, -0.25) is 14.9 Å². The first-order valence-corrected chi connectivity index (χ1v) is 8.08. The lowest BCUT2D eigenvalue weighted by Crippen LogP contribution is -2.54. The molecule has 1 saturated heterocycles. The molecule has 0 aliphatic carbocycles. The van der Waals surface area contributed by atoms with Gasteiger partial charge in [-0.2, -0.15) is 0 Å². The van der Waals surface area contributed by atoms with Crippen molar-refractivity contribution in [2.45, 2.75) is 0 Å². The summed E-state index contributed by atoms with van der Waals surface area (Å²) in [4.78, 5) is 37.8. The second-order valence-corrected chi connectivity index (χ2v) is 6.07. The van der Waals surface area contributed by atoms with E-state index >= 15 is 0 Å². The Bertz CT molecular complexity index is 1020. The summed E-state index contributed by atoms with van der Waals surface area (Å²) in [6, 6.07) is 6.82. The molecule has 27 heavy (non-hydrogen) atoms. The minimum Gasteiger partial charge on any atom is -0.454 e. The molecule has 0 atom stereocenters. The molecule has 0 aromatic heterocycles. The molecule has 4 amide bonds. The molecule has 2 aliphatic heterocycles. The number of fused-ring (bicyclic) bond motifs is 1. The van der Waals surface area contributed by atoms with Crippen molar-refractivity contribution in [2.75, 3.05) is 11.7 Å². The molecule has 1 fully saturated rings. The van der Waals surface area contributed by atoms with Crippen molar-refractivity contribution in [3.8, 4) is 11.5 Å². The number of anilines is 1. The van der Waals surface area contributed by atoms with Crippen LogP contribution in [0.15, 0.2) is 42.0 Å². The fourth-order valence-corrected chi connectivity index (χ4v) is 2.89. The molecule has 0 bridgehead atoms. The molecule has 2 aromatic carbocycles. The number of ether oxygens (including phenoxy) is 2. The van der Waals surface area contributed by atoms with Crippen molar-refractivity contribution in [3.05, 3.63) is 58.4 Å². The maximum atomic E-state index is 13.1. The normalized spacial score (nSPS) is 17.5. The molecule has 0 spiro atoms. The third kappa shape index (κ3) is 3.00. The third-order valence-electron chi connectivity index (χ3n) is 3.98. The largest absolute Gasteiger partial charge is 0.454 e. The van der Waals surface area contributed by atoms with Crippen LogP contribution in [0, 0.1) is 5.82 Å². The number of hydrogen-bond donors (Lipinski definition) is 1. The van der Waals surface area contributed by atoms with Crippen molar-refractivity contribution >= 4 is 41.2 Å². The minimum atomic E-state index is -0.925. The van der Waals surface area contributed by atoms with Crippen molar-refractivity contribution < 1.29 is 28.2 Å². The van der Waals surface area contributed by atoms with Crippen LogP contribution in [-0.4, -0.2) is 24.6 Å². The molecule has 7 nitrogen and oxygen atoms in total. The second-order valence-electron chi connectivity index (χ2n) is 5.66. The van der Waals surface area contributed by atoms with E-state index in [4.69, 9.17) is 21.1 Å². The fourth-order valence-electron chi connectivity index (χ4n) is 2.68. The third-order valence-corrected chi connectivity index (χ3v) is 4.31. The topological polar surface area (TPSA) is 84.9 Å². The highest BCUT2D eigenvalue weighted by molar-refractivity contribution is 6.40. The molecule has 2 aliphatic rings. The predicted molar refractivity (Wildman–Crippen MR) is 93.0 cm³/mol. The fraction of sp³-hybridized carbons (Fsp3) is 0.0556. The minimum absolute atomic E-state index is 0.0396. The van der Waals surface area contributed by atoms with Crippen molar-refractivity contribution in [1.82, 2.24) is 5.32 Å². The number of imide groups is 2. The summed E-state index contributed by atoms with van der Waals surface area (Å²) >= 11 is 6.18. The standard InChI is InChI=1S/C18H10ClFN2O5/c19-13-7-15-14(26-8-27-15)6-9(13)5-12-16(23)21-18(25)22(17(12)24)11-3-1-10(20)2-4-11/h1-7H,8H2,(H,21,23,25)/b12-5+. The van der Waals surface area contributed by atoms with Gasteiger partial charge in [-0.1, -0.05) is 11.6 Å². The highest BCUT2D eigenvalue weighted by atomic mass is 35.5. The van der Waals surface area contributed by atoms with Gasteiger partial charge in [-0.05, 0) is 42.0 Å². The van der Waals surface area contributed by atoms with E-state index in [2.05, 4.69) is 5.32 Å². The van der Waals surface area contributed by atoms with Crippen LogP contribution in [0.25, 0.3) is 6.08 Å². The first kappa shape index (κ1) is 17.0. The molecule has 0 saturated carbocycles. The van der Waals surface area contributed by atoms with Crippen LogP contribution < -0.4 is 19.7 Å². The smallest absolute Gasteiger partial charge is 0.335 e. The zero-order valence-corrected chi connectivity index (χ0v) is 14.2. The zero-order valence-electron chi connectivity index (χ0n) is 13.5. The number of rotatable bonds is 2. The molecule has 9 heteroatoms. The van der Waals surface area contributed by atoms with Crippen LogP contribution in [0.5, 0.6) is 11.5 Å². The number of nitrogens with one attached hydrogen (secondary N) is 1. The number of nitrogens with zero attached hydrogens (tertiary/aromatic N) is 1. The van der Waals surface area contributed by atoms with Gasteiger partial charge in [0.2, 0.25) is 6.79 Å². The first-order chi connectivity index (χ1) is 12.9. The number of halogens is 2. The van der Waals surface area contributed by atoms with Crippen molar-refractivity contribution in [3.63, 3.8) is 0 Å². The summed E-state index contributed by atoms with van der Waals surface area (Å²) < 4.78 is 23.6. The zero-order chi connectivity index (χ0) is 19.1. The van der Waals surface area contributed by atoms with Gasteiger partial charge < -0.3 is 9.47 Å². The van der Waals surface area contributed by atoms with E-state index in [-0.39, 0.29) is 23.1 Å². The second kappa shape index (κ2) is 6.40. The quantitative estimate of drug-likeness (QED) is 0.631. The number of urea groups is 1. The maximum Gasteiger partial charge on any atom is 0.335 e. The van der Waals surface area contributed by atoms with Gasteiger partial charge in [0, 0.05) is 6.07 Å². The Morgan fingerprint density at radius 1 is 1.07 bits per heavy atom. The van der Waals surface area contributed by atoms with Gasteiger partial charge in [0.05, 0.1) is 10.7 Å². The Kier molecular flexibility index (Phi) is 4.04. The summed E-state index contributed by atoms with van der Waals surface area (Å²) in [7, 11) is 0. The summed E-state index contributed by atoms with van der Waals surface area (Å²) in [5.41, 5.74) is 0.154. The lowest BCUT2D eigenvalue weighted by Gasteiger charge is -2.26. The molecular formula is C18H10ClFN2O5. The molecule has 2 heterocycles. The number of carbonyl (C=O) groups excluding carboxylic acids is 3. The molecule has 136 valence electrons. The molecule has 0 unspecified atom stereocenters.